The molecule has 1 aromatic heterocycles. The average molecular weight is 380 g/mol. The molecule has 2 atom stereocenters. The van der Waals surface area contributed by atoms with Gasteiger partial charge in [0.1, 0.15) is 0 Å². The molecule has 1 saturated heterocycles. The summed E-state index contributed by atoms with van der Waals surface area (Å²) in [6, 6.07) is 12.4. The first kappa shape index (κ1) is 18.9. The van der Waals surface area contributed by atoms with E-state index in [-0.39, 0.29) is 16.9 Å². The van der Waals surface area contributed by atoms with Crippen LogP contribution in [0.15, 0.2) is 41.2 Å². The van der Waals surface area contributed by atoms with Crippen LogP contribution >= 0.6 is 0 Å². The average Bonchev–Trinajstić information content (AvgIpc) is 3.19. The molecule has 148 valence electrons. The number of nitrogens with one attached hydrogen (secondary N) is 2. The van der Waals surface area contributed by atoms with Gasteiger partial charge in [-0.2, -0.15) is 0 Å². The van der Waals surface area contributed by atoms with E-state index in [1.165, 1.54) is 5.56 Å². The Bertz CT molecular complexity index is 921. The Kier molecular flexibility index (Phi) is 5.11. The number of hydrogen-bond donors (Lipinski definition) is 2. The molecular weight excluding hydrogens is 350 g/mol. The molecule has 5 heteroatoms. The summed E-state index contributed by atoms with van der Waals surface area (Å²) in [6.45, 7) is 6.78. The molecule has 1 aliphatic heterocycles. The van der Waals surface area contributed by atoms with Gasteiger partial charge in [0, 0.05) is 37.4 Å². The van der Waals surface area contributed by atoms with E-state index in [4.69, 9.17) is 0 Å². The van der Waals surface area contributed by atoms with E-state index in [2.05, 4.69) is 39.5 Å². The summed E-state index contributed by atoms with van der Waals surface area (Å²) >= 11 is 0. The van der Waals surface area contributed by atoms with Gasteiger partial charge in [0.15, 0.2) is 0 Å². The van der Waals surface area contributed by atoms with Gasteiger partial charge in [-0.15, -0.1) is 0 Å². The Labute approximate surface area is 166 Å². The Morgan fingerprint density at radius 3 is 2.82 bits per heavy atom. The number of hydrogen-bond acceptors (Lipinski definition) is 3. The first-order valence-electron chi connectivity index (χ1n) is 10.2. The van der Waals surface area contributed by atoms with Crippen molar-refractivity contribution >= 4 is 5.91 Å². The third-order valence-corrected chi connectivity index (χ3v) is 6.56. The van der Waals surface area contributed by atoms with Crippen molar-refractivity contribution in [3.05, 3.63) is 69.1 Å². The Balaban J connectivity index is 1.46. The highest BCUT2D eigenvalue weighted by Gasteiger charge is 2.54. The molecule has 0 spiro atoms. The first-order chi connectivity index (χ1) is 13.5. The normalized spacial score (nSPS) is 24.3. The fraction of sp³-hybridized carbons (Fsp3) is 0.478. The molecule has 1 saturated carbocycles. The zero-order valence-corrected chi connectivity index (χ0v) is 16.8. The summed E-state index contributed by atoms with van der Waals surface area (Å²) < 4.78 is 0. The van der Waals surface area contributed by atoms with Crippen LogP contribution in [0.25, 0.3) is 0 Å². The third kappa shape index (κ3) is 3.51. The zero-order valence-electron chi connectivity index (χ0n) is 16.8. The number of benzene rings is 1. The lowest BCUT2D eigenvalue weighted by Crippen LogP contribution is -2.44. The summed E-state index contributed by atoms with van der Waals surface area (Å²) in [5, 5.41) is 3.10. The molecule has 2 aliphatic rings. The van der Waals surface area contributed by atoms with Crippen molar-refractivity contribution < 1.29 is 4.79 Å². The van der Waals surface area contributed by atoms with E-state index in [0.29, 0.717) is 18.0 Å². The quantitative estimate of drug-likeness (QED) is 0.840. The molecule has 2 fully saturated rings. The Hall–Kier alpha value is -2.40. The van der Waals surface area contributed by atoms with E-state index in [1.807, 2.05) is 26.0 Å². The van der Waals surface area contributed by atoms with E-state index >= 15 is 0 Å². The number of amides is 1. The molecule has 2 N–H and O–H groups in total. The minimum atomic E-state index is -0.305. The molecule has 0 unspecified atom stereocenters. The van der Waals surface area contributed by atoms with Gasteiger partial charge in [-0.25, -0.2) is 0 Å². The number of fused-ring (bicyclic) bond motifs is 1. The van der Waals surface area contributed by atoms with Gasteiger partial charge in [0.05, 0.1) is 5.41 Å². The largest absolute Gasteiger partial charge is 0.351 e. The van der Waals surface area contributed by atoms with Gasteiger partial charge < -0.3 is 10.3 Å². The van der Waals surface area contributed by atoms with Crippen LogP contribution in [0, 0.1) is 25.2 Å². The van der Waals surface area contributed by atoms with Crippen LogP contribution in [0.2, 0.25) is 0 Å². The molecule has 1 aromatic carbocycles. The topological polar surface area (TPSA) is 65.2 Å². The second kappa shape index (κ2) is 7.55. The van der Waals surface area contributed by atoms with Crippen LogP contribution < -0.4 is 10.9 Å². The Morgan fingerprint density at radius 2 is 2.07 bits per heavy atom. The fourth-order valence-corrected chi connectivity index (χ4v) is 5.17. The number of aromatic nitrogens is 1. The van der Waals surface area contributed by atoms with E-state index < -0.39 is 0 Å². The molecule has 0 bridgehead atoms. The lowest BCUT2D eigenvalue weighted by Gasteiger charge is -2.28. The maximum atomic E-state index is 13.3. The summed E-state index contributed by atoms with van der Waals surface area (Å²) in [5.41, 5.74) is 3.32. The van der Waals surface area contributed by atoms with E-state index in [1.54, 1.807) is 0 Å². The lowest BCUT2D eigenvalue weighted by molar-refractivity contribution is -0.131. The lowest BCUT2D eigenvalue weighted by atomic mass is 9.79. The molecule has 1 aliphatic carbocycles. The van der Waals surface area contributed by atoms with Gasteiger partial charge in [-0.05, 0) is 49.8 Å². The summed E-state index contributed by atoms with van der Waals surface area (Å²) in [6.07, 6.45) is 3.17. The van der Waals surface area contributed by atoms with Crippen LogP contribution in [0.1, 0.15) is 41.6 Å². The highest BCUT2D eigenvalue weighted by atomic mass is 16.2. The first-order valence-corrected chi connectivity index (χ1v) is 10.2. The van der Waals surface area contributed by atoms with Crippen molar-refractivity contribution in [3.63, 3.8) is 0 Å². The molecule has 2 heterocycles. The number of aryl methyl sites for hydroxylation is 2. The van der Waals surface area contributed by atoms with Crippen LogP contribution in [0.5, 0.6) is 0 Å². The van der Waals surface area contributed by atoms with Gasteiger partial charge in [0.2, 0.25) is 5.91 Å². The number of nitrogens with zero attached hydrogens (tertiary/aromatic N) is 1. The highest BCUT2D eigenvalue weighted by molar-refractivity contribution is 5.84. The van der Waals surface area contributed by atoms with Gasteiger partial charge in [-0.1, -0.05) is 36.8 Å². The van der Waals surface area contributed by atoms with Crippen LogP contribution in [-0.2, 0) is 17.9 Å². The van der Waals surface area contributed by atoms with Crippen LogP contribution in [0.4, 0.5) is 0 Å². The number of carbonyl (C=O) groups excluding carboxylic acids is 1. The summed E-state index contributed by atoms with van der Waals surface area (Å²) in [5.74, 6) is 0.526. The number of carbonyl (C=O) groups is 1. The van der Waals surface area contributed by atoms with Crippen molar-refractivity contribution in [3.8, 4) is 0 Å². The number of likely N-dealkylation sites (tertiary alicyclic amines) is 1. The SMILES string of the molecule is Cc1cc(C)c(CNC(=O)[C@@]23CCC[C@@H]2CN(Cc2ccccc2)C3)c(=O)[nH]1. The molecule has 0 radical (unpaired) electrons. The van der Waals surface area contributed by atoms with E-state index in [0.717, 1.165) is 50.2 Å². The second-order valence-electron chi connectivity index (χ2n) is 8.53. The van der Waals surface area contributed by atoms with Crippen molar-refractivity contribution in [2.24, 2.45) is 11.3 Å². The highest BCUT2D eigenvalue weighted by Crippen LogP contribution is 2.49. The predicted octanol–water partition coefficient (Wildman–Crippen LogP) is 2.91. The molecular formula is C23H29N3O2. The minimum absolute atomic E-state index is 0.101. The van der Waals surface area contributed by atoms with Gasteiger partial charge >= 0.3 is 0 Å². The maximum Gasteiger partial charge on any atom is 0.253 e. The van der Waals surface area contributed by atoms with Crippen LogP contribution in [-0.4, -0.2) is 28.9 Å². The monoisotopic (exact) mass is 379 g/mol. The molecule has 28 heavy (non-hydrogen) atoms. The zero-order chi connectivity index (χ0) is 19.7. The van der Waals surface area contributed by atoms with Crippen molar-refractivity contribution in [1.29, 1.82) is 0 Å². The molecule has 4 rings (SSSR count). The summed E-state index contributed by atoms with van der Waals surface area (Å²) in [4.78, 5) is 30.8. The molecule has 5 nitrogen and oxygen atoms in total. The number of aromatic amines is 1. The summed E-state index contributed by atoms with van der Waals surface area (Å²) in [7, 11) is 0. The molecule has 2 aromatic rings. The van der Waals surface area contributed by atoms with Crippen molar-refractivity contribution in [2.75, 3.05) is 13.1 Å². The standard InChI is InChI=1S/C23H29N3O2/c1-16-11-17(2)25-21(27)20(16)12-24-22(28)23-10-6-9-19(23)14-26(15-23)13-18-7-4-3-5-8-18/h3-5,7-8,11,19H,6,9-10,12-15H2,1-2H3,(H,24,28)(H,25,27)/t19-,23-/m1/s1. The number of pyridine rings is 1. The van der Waals surface area contributed by atoms with Gasteiger partial charge in [-0.3, -0.25) is 14.5 Å². The number of H-pyrrole nitrogens is 1. The Morgan fingerprint density at radius 1 is 1.29 bits per heavy atom. The van der Waals surface area contributed by atoms with Crippen LogP contribution in [0.3, 0.4) is 0 Å². The second-order valence-corrected chi connectivity index (χ2v) is 8.53. The fourth-order valence-electron chi connectivity index (χ4n) is 5.17. The van der Waals surface area contributed by atoms with Crippen molar-refractivity contribution in [1.82, 2.24) is 15.2 Å². The van der Waals surface area contributed by atoms with E-state index in [9.17, 15) is 9.59 Å². The molecule has 1 amide bonds. The smallest absolute Gasteiger partial charge is 0.253 e. The predicted molar refractivity (Wildman–Crippen MR) is 110 cm³/mol. The van der Waals surface area contributed by atoms with Gasteiger partial charge in [0.25, 0.3) is 5.56 Å². The minimum Gasteiger partial charge on any atom is -0.351 e. The van der Waals surface area contributed by atoms with Crippen molar-refractivity contribution in [2.45, 2.75) is 46.2 Å². The third-order valence-electron chi connectivity index (χ3n) is 6.56. The maximum absolute atomic E-state index is 13.3. The number of rotatable bonds is 5.